The minimum Gasteiger partial charge on any atom is -0.496 e. The van der Waals surface area contributed by atoms with Crippen LogP contribution >= 0.6 is 0 Å². The van der Waals surface area contributed by atoms with E-state index < -0.39 is 11.7 Å². The Kier molecular flexibility index (Phi) is 7.20. The molecule has 0 bridgehead atoms. The van der Waals surface area contributed by atoms with Gasteiger partial charge in [-0.15, -0.1) is 0 Å². The molecule has 7 nitrogen and oxygen atoms in total. The minimum atomic E-state index is -4.44. The average molecular weight is 486 g/mol. The SMILES string of the molecule is COc1ccc(C)cc1/C=C/C(=O)N1CCN(Cc2nc(-c3cccc(C(F)(F)F)c3)no2)CC1. The van der Waals surface area contributed by atoms with E-state index in [9.17, 15) is 18.0 Å². The lowest BCUT2D eigenvalue weighted by Crippen LogP contribution is -2.47. The molecule has 0 saturated carbocycles. The Hall–Kier alpha value is -3.66. The third kappa shape index (κ3) is 6.07. The third-order valence-corrected chi connectivity index (χ3v) is 5.75. The van der Waals surface area contributed by atoms with Crippen molar-refractivity contribution in [1.29, 1.82) is 0 Å². The van der Waals surface area contributed by atoms with Crippen molar-refractivity contribution in [3.63, 3.8) is 0 Å². The monoisotopic (exact) mass is 486 g/mol. The normalized spacial score (nSPS) is 15.1. The van der Waals surface area contributed by atoms with Crippen LogP contribution in [0.4, 0.5) is 13.2 Å². The van der Waals surface area contributed by atoms with E-state index in [4.69, 9.17) is 9.26 Å². The van der Waals surface area contributed by atoms with Gasteiger partial charge in [-0.1, -0.05) is 28.9 Å². The van der Waals surface area contributed by atoms with Crippen molar-refractivity contribution in [3.05, 3.63) is 71.1 Å². The molecule has 1 amide bonds. The molecule has 0 radical (unpaired) electrons. The fourth-order valence-corrected chi connectivity index (χ4v) is 3.84. The van der Waals surface area contributed by atoms with Gasteiger partial charge in [0.25, 0.3) is 0 Å². The Balaban J connectivity index is 1.32. The number of methoxy groups -OCH3 is 1. The number of nitrogens with zero attached hydrogens (tertiary/aromatic N) is 4. The van der Waals surface area contributed by atoms with Gasteiger partial charge in [-0.3, -0.25) is 9.69 Å². The van der Waals surface area contributed by atoms with Crippen molar-refractivity contribution in [2.24, 2.45) is 0 Å². The zero-order chi connectivity index (χ0) is 25.0. The van der Waals surface area contributed by atoms with Crippen LogP contribution in [-0.2, 0) is 17.5 Å². The largest absolute Gasteiger partial charge is 0.496 e. The smallest absolute Gasteiger partial charge is 0.416 e. The summed E-state index contributed by atoms with van der Waals surface area (Å²) in [5.74, 6) is 1.03. The number of alkyl halides is 3. The van der Waals surface area contributed by atoms with Gasteiger partial charge in [-0.2, -0.15) is 18.2 Å². The molecule has 1 aromatic heterocycles. The van der Waals surface area contributed by atoms with E-state index in [-0.39, 0.29) is 17.3 Å². The summed E-state index contributed by atoms with van der Waals surface area (Å²) < 4.78 is 49.5. The molecule has 0 spiro atoms. The number of rotatable bonds is 6. The Morgan fingerprint density at radius 3 is 2.63 bits per heavy atom. The Morgan fingerprint density at radius 1 is 1.14 bits per heavy atom. The number of piperazine rings is 1. The molecule has 4 rings (SSSR count). The van der Waals surface area contributed by atoms with Gasteiger partial charge in [-0.05, 0) is 37.3 Å². The molecule has 35 heavy (non-hydrogen) atoms. The first-order chi connectivity index (χ1) is 16.7. The van der Waals surface area contributed by atoms with E-state index in [1.54, 1.807) is 24.2 Å². The lowest BCUT2D eigenvalue weighted by Gasteiger charge is -2.33. The minimum absolute atomic E-state index is 0.0853. The topological polar surface area (TPSA) is 71.7 Å². The second-order valence-corrected chi connectivity index (χ2v) is 8.27. The predicted molar refractivity (Wildman–Crippen MR) is 123 cm³/mol. The van der Waals surface area contributed by atoms with E-state index in [0.717, 1.165) is 23.3 Å². The summed E-state index contributed by atoms with van der Waals surface area (Å²) in [6.45, 7) is 4.60. The highest BCUT2D eigenvalue weighted by molar-refractivity contribution is 5.92. The molecule has 1 saturated heterocycles. The summed E-state index contributed by atoms with van der Waals surface area (Å²) in [5, 5.41) is 3.83. The number of halogens is 3. The fourth-order valence-electron chi connectivity index (χ4n) is 3.84. The summed E-state index contributed by atoms with van der Waals surface area (Å²) in [6, 6.07) is 10.6. The van der Waals surface area contributed by atoms with Crippen LogP contribution in [0, 0.1) is 6.92 Å². The molecular weight excluding hydrogens is 461 g/mol. The number of benzene rings is 2. The zero-order valence-corrected chi connectivity index (χ0v) is 19.4. The van der Waals surface area contributed by atoms with Crippen LogP contribution in [0.25, 0.3) is 17.5 Å². The van der Waals surface area contributed by atoms with Crippen molar-refractivity contribution in [2.45, 2.75) is 19.6 Å². The van der Waals surface area contributed by atoms with Gasteiger partial charge >= 0.3 is 6.18 Å². The number of hydrogen-bond donors (Lipinski definition) is 0. The zero-order valence-electron chi connectivity index (χ0n) is 19.4. The first-order valence-electron chi connectivity index (χ1n) is 11.1. The maximum atomic E-state index is 13.0. The maximum absolute atomic E-state index is 13.0. The molecule has 2 heterocycles. The Labute approximate surface area is 200 Å². The van der Waals surface area contributed by atoms with E-state index in [0.29, 0.717) is 44.4 Å². The molecule has 1 aliphatic heterocycles. The van der Waals surface area contributed by atoms with Crippen molar-refractivity contribution in [1.82, 2.24) is 19.9 Å². The van der Waals surface area contributed by atoms with Crippen LogP contribution in [0.5, 0.6) is 5.75 Å². The maximum Gasteiger partial charge on any atom is 0.416 e. The molecule has 3 aromatic rings. The number of aryl methyl sites for hydroxylation is 1. The molecule has 0 N–H and O–H groups in total. The fraction of sp³-hybridized carbons (Fsp3) is 0.320. The van der Waals surface area contributed by atoms with E-state index in [1.165, 1.54) is 12.1 Å². The molecule has 10 heteroatoms. The van der Waals surface area contributed by atoms with E-state index in [2.05, 4.69) is 15.0 Å². The highest BCUT2D eigenvalue weighted by atomic mass is 19.4. The summed E-state index contributed by atoms with van der Waals surface area (Å²) in [6.07, 6.45) is -1.14. The van der Waals surface area contributed by atoms with Crippen LogP contribution in [0.2, 0.25) is 0 Å². The molecule has 184 valence electrons. The van der Waals surface area contributed by atoms with Crippen molar-refractivity contribution in [2.75, 3.05) is 33.3 Å². The Morgan fingerprint density at radius 2 is 1.91 bits per heavy atom. The third-order valence-electron chi connectivity index (χ3n) is 5.75. The van der Waals surface area contributed by atoms with E-state index >= 15 is 0 Å². The van der Waals surface area contributed by atoms with Gasteiger partial charge in [-0.25, -0.2) is 0 Å². The van der Waals surface area contributed by atoms with Crippen LogP contribution < -0.4 is 4.74 Å². The molecule has 2 aromatic carbocycles. The molecule has 0 aliphatic carbocycles. The summed E-state index contributed by atoms with van der Waals surface area (Å²) in [5.41, 5.74) is 1.38. The van der Waals surface area contributed by atoms with Gasteiger partial charge in [0.2, 0.25) is 17.6 Å². The van der Waals surface area contributed by atoms with Gasteiger partial charge in [0.05, 0.1) is 19.2 Å². The molecule has 1 fully saturated rings. The highest BCUT2D eigenvalue weighted by Gasteiger charge is 2.31. The quantitative estimate of drug-likeness (QED) is 0.480. The average Bonchev–Trinajstić information content (AvgIpc) is 3.31. The first kappa shape index (κ1) is 24.5. The molecule has 0 atom stereocenters. The van der Waals surface area contributed by atoms with Crippen molar-refractivity contribution >= 4 is 12.0 Å². The lowest BCUT2D eigenvalue weighted by molar-refractivity contribution is -0.137. The highest BCUT2D eigenvalue weighted by Crippen LogP contribution is 2.31. The van der Waals surface area contributed by atoms with Gasteiger partial charge in [0.1, 0.15) is 5.75 Å². The molecular formula is C25H25F3N4O3. The van der Waals surface area contributed by atoms with Gasteiger partial charge in [0.15, 0.2) is 0 Å². The van der Waals surface area contributed by atoms with E-state index in [1.807, 2.05) is 25.1 Å². The molecule has 0 unspecified atom stereocenters. The number of carbonyl (C=O) groups excluding carboxylic acids is 1. The number of hydrogen-bond acceptors (Lipinski definition) is 6. The van der Waals surface area contributed by atoms with Crippen molar-refractivity contribution < 1.29 is 27.2 Å². The number of aromatic nitrogens is 2. The standard InChI is InChI=1S/C25H25F3N4O3/c1-17-6-8-21(34-2)18(14-17)7-9-23(33)32-12-10-31(11-13-32)16-22-29-24(30-35-22)19-4-3-5-20(15-19)25(26,27)28/h3-9,14-15H,10-13,16H2,1-2H3/b9-7+. The summed E-state index contributed by atoms with van der Waals surface area (Å²) in [4.78, 5) is 20.7. The summed E-state index contributed by atoms with van der Waals surface area (Å²) >= 11 is 0. The molecule has 1 aliphatic rings. The van der Waals surface area contributed by atoms with Gasteiger partial charge in [0, 0.05) is 43.4 Å². The number of amides is 1. The second-order valence-electron chi connectivity index (χ2n) is 8.27. The number of ether oxygens (including phenoxy) is 1. The second kappa shape index (κ2) is 10.3. The van der Waals surface area contributed by atoms with Crippen molar-refractivity contribution in [3.8, 4) is 17.1 Å². The van der Waals surface area contributed by atoms with Crippen LogP contribution in [-0.4, -0.2) is 59.1 Å². The first-order valence-corrected chi connectivity index (χ1v) is 11.1. The van der Waals surface area contributed by atoms with Crippen LogP contribution in [0.15, 0.2) is 53.1 Å². The number of carbonyl (C=O) groups is 1. The lowest BCUT2D eigenvalue weighted by atomic mass is 10.1. The van der Waals surface area contributed by atoms with Gasteiger partial charge < -0.3 is 14.2 Å². The predicted octanol–water partition coefficient (Wildman–Crippen LogP) is 4.43. The Bertz CT molecular complexity index is 1210. The van der Waals surface area contributed by atoms with Crippen LogP contribution in [0.1, 0.15) is 22.6 Å². The van der Waals surface area contributed by atoms with Crippen LogP contribution in [0.3, 0.4) is 0 Å². The summed E-state index contributed by atoms with van der Waals surface area (Å²) in [7, 11) is 1.59.